The van der Waals surface area contributed by atoms with Crippen LogP contribution in [-0.4, -0.2) is 74.3 Å². The Hall–Kier alpha value is -2.81. The highest BCUT2D eigenvalue weighted by molar-refractivity contribution is 7.47. The number of phosphoric ester groups is 1. The van der Waals surface area contributed by atoms with E-state index >= 15 is 0 Å². The van der Waals surface area contributed by atoms with Crippen LogP contribution in [0.1, 0.15) is 220 Å². The molecular formula is C58H104N2O7P+. The number of nitrogens with zero attached hydrogens (tertiary/aromatic N) is 1. The van der Waals surface area contributed by atoms with Crippen LogP contribution in [0.15, 0.2) is 85.1 Å². The van der Waals surface area contributed by atoms with E-state index in [2.05, 4.69) is 92.9 Å². The molecule has 9 nitrogen and oxygen atoms in total. The second kappa shape index (κ2) is 47.8. The molecule has 0 saturated heterocycles. The molecule has 0 aliphatic carbocycles. The van der Waals surface area contributed by atoms with E-state index in [1.807, 2.05) is 39.4 Å². The lowest BCUT2D eigenvalue weighted by molar-refractivity contribution is -0.870. The average Bonchev–Trinajstić information content (AvgIpc) is 3.29. The van der Waals surface area contributed by atoms with Crippen LogP contribution in [0.5, 0.6) is 0 Å². The summed E-state index contributed by atoms with van der Waals surface area (Å²) < 4.78 is 30.5. The fourth-order valence-corrected chi connectivity index (χ4v) is 8.09. The first kappa shape index (κ1) is 65.2. The van der Waals surface area contributed by atoms with Gasteiger partial charge >= 0.3 is 13.8 Å². The third kappa shape index (κ3) is 48.2. The van der Waals surface area contributed by atoms with Gasteiger partial charge in [-0.15, -0.1) is 0 Å². The summed E-state index contributed by atoms with van der Waals surface area (Å²) in [6, 6.07) is -0.871. The second-order valence-electron chi connectivity index (χ2n) is 19.4. The lowest BCUT2D eigenvalue weighted by Gasteiger charge is -2.27. The van der Waals surface area contributed by atoms with Crippen molar-refractivity contribution in [2.45, 2.75) is 232 Å². The second-order valence-corrected chi connectivity index (χ2v) is 20.9. The van der Waals surface area contributed by atoms with Crippen molar-refractivity contribution in [1.29, 1.82) is 0 Å². The third-order valence-corrected chi connectivity index (χ3v) is 12.6. The number of rotatable bonds is 48. The van der Waals surface area contributed by atoms with Crippen molar-refractivity contribution in [2.24, 2.45) is 0 Å². The van der Waals surface area contributed by atoms with Crippen LogP contribution in [0.2, 0.25) is 0 Å². The number of hydrogen-bond donors (Lipinski definition) is 2. The largest absolute Gasteiger partial charge is 0.472 e. The van der Waals surface area contributed by atoms with Crippen molar-refractivity contribution < 1.29 is 37.3 Å². The number of esters is 1. The first-order chi connectivity index (χ1) is 32.9. The van der Waals surface area contributed by atoms with E-state index in [4.69, 9.17) is 13.8 Å². The number of allylic oxidation sites excluding steroid dienone is 13. The van der Waals surface area contributed by atoms with Gasteiger partial charge in [0.05, 0.1) is 33.8 Å². The Morgan fingerprint density at radius 2 is 1.00 bits per heavy atom. The van der Waals surface area contributed by atoms with E-state index in [0.717, 1.165) is 103 Å². The van der Waals surface area contributed by atoms with Crippen LogP contribution >= 0.6 is 7.82 Å². The van der Waals surface area contributed by atoms with Crippen LogP contribution in [0.4, 0.5) is 0 Å². The number of hydrogen-bond acceptors (Lipinski definition) is 6. The molecule has 0 aliphatic rings. The molecule has 0 aromatic heterocycles. The van der Waals surface area contributed by atoms with Crippen LogP contribution in [0.3, 0.4) is 0 Å². The minimum atomic E-state index is -4.46. The van der Waals surface area contributed by atoms with Crippen LogP contribution in [-0.2, 0) is 27.9 Å². The summed E-state index contributed by atoms with van der Waals surface area (Å²) in [5.41, 5.74) is 0. The summed E-state index contributed by atoms with van der Waals surface area (Å²) >= 11 is 0. The molecule has 0 saturated carbocycles. The van der Waals surface area contributed by atoms with E-state index in [-0.39, 0.29) is 31.5 Å². The van der Waals surface area contributed by atoms with E-state index in [1.54, 1.807) is 0 Å². The zero-order valence-corrected chi connectivity index (χ0v) is 45.5. The summed E-state index contributed by atoms with van der Waals surface area (Å²) in [6.45, 7) is 6.79. The van der Waals surface area contributed by atoms with E-state index < -0.39 is 20.0 Å². The number of carbonyl (C=O) groups excluding carboxylic acids is 2. The lowest BCUT2D eigenvalue weighted by Crippen LogP contribution is -2.47. The summed E-state index contributed by atoms with van der Waals surface area (Å²) in [6.07, 6.45) is 61.5. The maximum absolute atomic E-state index is 13.4. The van der Waals surface area contributed by atoms with Crippen molar-refractivity contribution >= 4 is 19.7 Å². The van der Waals surface area contributed by atoms with Gasteiger partial charge < -0.3 is 19.4 Å². The molecule has 2 N–H and O–H groups in total. The molecule has 0 rings (SSSR count). The zero-order chi connectivity index (χ0) is 50.1. The normalized spacial score (nSPS) is 14.5. The Balaban J connectivity index is 5.46. The lowest BCUT2D eigenvalue weighted by atomic mass is 10.0. The molecule has 0 radical (unpaired) electrons. The van der Waals surface area contributed by atoms with Gasteiger partial charge in [-0.2, -0.15) is 0 Å². The summed E-state index contributed by atoms with van der Waals surface area (Å²) in [5, 5.41) is 3.02. The SMILES string of the molecule is CC/C=C/C=C/C=C\CCCCCCCC(=O)NC(COP(=O)(O)OCC[N+](C)(C)C)C(/C=C/CCCCCCCCCCCC)OC(=O)CCCCCC/C=C\C/C=C\C/C=C\CCCCC. The molecule has 0 spiro atoms. The monoisotopic (exact) mass is 972 g/mol. The Labute approximate surface area is 418 Å². The minimum absolute atomic E-state index is 0.0282. The van der Waals surface area contributed by atoms with Crippen molar-refractivity contribution in [1.82, 2.24) is 5.32 Å². The molecule has 0 fully saturated rings. The van der Waals surface area contributed by atoms with Crippen molar-refractivity contribution in [3.05, 3.63) is 85.1 Å². The first-order valence-corrected chi connectivity index (χ1v) is 28.9. The first-order valence-electron chi connectivity index (χ1n) is 27.4. The number of amides is 1. The number of quaternary nitrogens is 1. The van der Waals surface area contributed by atoms with Gasteiger partial charge in [0, 0.05) is 12.8 Å². The molecule has 0 heterocycles. The van der Waals surface area contributed by atoms with Gasteiger partial charge in [-0.3, -0.25) is 18.6 Å². The highest BCUT2D eigenvalue weighted by Crippen LogP contribution is 2.43. The molecular weight excluding hydrogens is 868 g/mol. The van der Waals surface area contributed by atoms with Crippen LogP contribution in [0, 0.1) is 0 Å². The predicted molar refractivity (Wildman–Crippen MR) is 291 cm³/mol. The predicted octanol–water partition coefficient (Wildman–Crippen LogP) is 16.3. The molecule has 0 aliphatic heterocycles. The van der Waals surface area contributed by atoms with Gasteiger partial charge in [0.25, 0.3) is 0 Å². The quantitative estimate of drug-likeness (QED) is 0.0156. The molecule has 392 valence electrons. The van der Waals surface area contributed by atoms with Crippen LogP contribution < -0.4 is 5.32 Å². The standard InChI is InChI=1S/C58H103N2O7P/c1-7-10-13-16-19-22-25-28-29-30-31-33-36-39-42-45-48-51-58(62)67-56(49-46-43-40-37-34-27-24-21-18-15-12-9-3)55(54-66-68(63,64)65-53-52-60(4,5)6)59-57(61)50-47-44-41-38-35-32-26-23-20-17-14-11-8-2/h11,14,17,19-20,22-23,26,28-29,31,33,46,49,55-56H,7-10,12-13,15-16,18,21,24-25,27,30,32,34-45,47-48,50-54H2,1-6H3,(H-,59,61,63,64)/p+1/b14-11+,20-17+,22-19-,26-23-,29-28-,33-31-,49-46+. The van der Waals surface area contributed by atoms with Gasteiger partial charge in [0.1, 0.15) is 19.3 Å². The van der Waals surface area contributed by atoms with Crippen LogP contribution in [0.25, 0.3) is 0 Å². The minimum Gasteiger partial charge on any atom is -0.456 e. The van der Waals surface area contributed by atoms with E-state index in [9.17, 15) is 19.0 Å². The fraction of sp³-hybridized carbons (Fsp3) is 0.724. The van der Waals surface area contributed by atoms with Gasteiger partial charge in [0.15, 0.2) is 0 Å². The summed E-state index contributed by atoms with van der Waals surface area (Å²) in [7, 11) is 1.46. The Kier molecular flexibility index (Phi) is 45.9. The number of ether oxygens (including phenoxy) is 1. The number of phosphoric acid groups is 1. The van der Waals surface area contributed by atoms with Crippen molar-refractivity contribution in [2.75, 3.05) is 40.9 Å². The number of likely N-dealkylation sites (N-methyl/N-ethyl adjacent to an activating group) is 1. The molecule has 0 aromatic rings. The zero-order valence-electron chi connectivity index (χ0n) is 44.6. The number of unbranched alkanes of at least 4 members (excludes halogenated alkanes) is 22. The maximum atomic E-state index is 13.4. The highest BCUT2D eigenvalue weighted by Gasteiger charge is 2.30. The highest BCUT2D eigenvalue weighted by atomic mass is 31.2. The fourth-order valence-electron chi connectivity index (χ4n) is 7.36. The van der Waals surface area contributed by atoms with Gasteiger partial charge in [-0.1, -0.05) is 202 Å². The smallest absolute Gasteiger partial charge is 0.456 e. The maximum Gasteiger partial charge on any atom is 0.472 e. The topological polar surface area (TPSA) is 111 Å². The molecule has 10 heteroatoms. The molecule has 3 atom stereocenters. The molecule has 0 bridgehead atoms. The third-order valence-electron chi connectivity index (χ3n) is 11.6. The Morgan fingerprint density at radius 1 is 0.544 bits per heavy atom. The van der Waals surface area contributed by atoms with E-state index in [1.165, 1.54) is 77.0 Å². The Bertz CT molecular complexity index is 1440. The Morgan fingerprint density at radius 3 is 1.56 bits per heavy atom. The number of carbonyl (C=O) groups is 2. The van der Waals surface area contributed by atoms with E-state index in [0.29, 0.717) is 23.9 Å². The van der Waals surface area contributed by atoms with Gasteiger partial charge in [-0.25, -0.2) is 4.57 Å². The summed E-state index contributed by atoms with van der Waals surface area (Å²) in [5.74, 6) is -0.561. The summed E-state index contributed by atoms with van der Waals surface area (Å²) in [4.78, 5) is 37.5. The molecule has 1 amide bonds. The molecule has 68 heavy (non-hydrogen) atoms. The molecule has 3 unspecified atom stereocenters. The van der Waals surface area contributed by atoms with Gasteiger partial charge in [-0.05, 0) is 89.5 Å². The number of nitrogens with one attached hydrogen (secondary N) is 1. The molecule has 0 aromatic carbocycles. The van der Waals surface area contributed by atoms with Gasteiger partial charge in [0.2, 0.25) is 5.91 Å². The van der Waals surface area contributed by atoms with Crippen molar-refractivity contribution in [3.63, 3.8) is 0 Å². The van der Waals surface area contributed by atoms with Crippen molar-refractivity contribution in [3.8, 4) is 0 Å². The average molecular weight is 972 g/mol.